The van der Waals surface area contributed by atoms with Gasteiger partial charge in [-0.05, 0) is 36.7 Å². The van der Waals surface area contributed by atoms with Crippen molar-refractivity contribution in [2.24, 2.45) is 0 Å². The first-order chi connectivity index (χ1) is 9.72. The second-order valence-electron chi connectivity index (χ2n) is 4.25. The normalized spacial score (nSPS) is 10.5. The van der Waals surface area contributed by atoms with Crippen molar-refractivity contribution in [1.82, 2.24) is 19.7 Å². The van der Waals surface area contributed by atoms with Gasteiger partial charge in [-0.1, -0.05) is 18.2 Å². The summed E-state index contributed by atoms with van der Waals surface area (Å²) in [5.41, 5.74) is 1.89. The van der Waals surface area contributed by atoms with Crippen LogP contribution < -0.4 is 5.32 Å². The summed E-state index contributed by atoms with van der Waals surface area (Å²) >= 11 is 5.79. The third-order valence-electron chi connectivity index (χ3n) is 2.71. The third-order valence-corrected chi connectivity index (χ3v) is 2.90. The Kier molecular flexibility index (Phi) is 3.35. The van der Waals surface area contributed by atoms with Crippen LogP contribution in [0.3, 0.4) is 0 Å². The number of hydrogen-bond acceptors (Lipinski definition) is 4. The lowest BCUT2D eigenvalue weighted by molar-refractivity contribution is 0.868. The van der Waals surface area contributed by atoms with Crippen LogP contribution in [-0.4, -0.2) is 19.7 Å². The van der Waals surface area contributed by atoms with Crippen LogP contribution in [0.4, 0.5) is 11.6 Å². The summed E-state index contributed by atoms with van der Waals surface area (Å²) in [5, 5.41) is 7.88. The van der Waals surface area contributed by atoms with Gasteiger partial charge in [-0.15, -0.1) is 0 Å². The smallest absolute Gasteiger partial charge is 0.224 e. The molecule has 0 spiro atoms. The van der Waals surface area contributed by atoms with E-state index in [0.717, 1.165) is 17.2 Å². The van der Waals surface area contributed by atoms with E-state index in [9.17, 15) is 0 Å². The molecule has 0 aliphatic heterocycles. The number of rotatable bonds is 3. The van der Waals surface area contributed by atoms with E-state index in [1.54, 1.807) is 12.3 Å². The van der Waals surface area contributed by atoms with E-state index in [0.29, 0.717) is 5.82 Å². The zero-order valence-corrected chi connectivity index (χ0v) is 11.5. The molecule has 0 saturated heterocycles. The number of aromatic nitrogens is 4. The lowest BCUT2D eigenvalue weighted by atomic mass is 10.3. The van der Waals surface area contributed by atoms with Crippen LogP contribution in [0.1, 0.15) is 5.69 Å². The number of hydrogen-bond donors (Lipinski definition) is 1. The van der Waals surface area contributed by atoms with Crippen molar-refractivity contribution in [1.29, 1.82) is 0 Å². The Labute approximate surface area is 121 Å². The van der Waals surface area contributed by atoms with Gasteiger partial charge in [0.2, 0.25) is 5.28 Å². The molecule has 100 valence electrons. The Bertz CT molecular complexity index is 723. The molecule has 1 N–H and O–H groups in total. The molecular formula is C14H12ClN5. The Morgan fingerprint density at radius 2 is 1.95 bits per heavy atom. The van der Waals surface area contributed by atoms with Crippen LogP contribution in [0.25, 0.3) is 5.69 Å². The Hall–Kier alpha value is -2.40. The van der Waals surface area contributed by atoms with Gasteiger partial charge in [0.25, 0.3) is 0 Å². The van der Waals surface area contributed by atoms with Crippen molar-refractivity contribution in [3.8, 4) is 5.69 Å². The molecular weight excluding hydrogens is 274 g/mol. The van der Waals surface area contributed by atoms with E-state index >= 15 is 0 Å². The van der Waals surface area contributed by atoms with Crippen LogP contribution in [0.15, 0.2) is 48.7 Å². The van der Waals surface area contributed by atoms with Gasteiger partial charge in [0.1, 0.15) is 11.6 Å². The molecule has 3 aromatic rings. The molecule has 2 heterocycles. The monoisotopic (exact) mass is 285 g/mol. The standard InChI is InChI=1S/C14H12ClN5/c1-10-9-13(17-12-7-8-16-14(15)18-12)20(19-10)11-5-3-2-4-6-11/h2-9H,1H3,(H,16,17,18). The molecule has 5 nitrogen and oxygen atoms in total. The van der Waals surface area contributed by atoms with Crippen molar-refractivity contribution in [2.75, 3.05) is 5.32 Å². The summed E-state index contributed by atoms with van der Waals surface area (Å²) in [7, 11) is 0. The van der Waals surface area contributed by atoms with Gasteiger partial charge in [0.05, 0.1) is 11.4 Å². The van der Waals surface area contributed by atoms with Crippen molar-refractivity contribution in [3.63, 3.8) is 0 Å². The molecule has 1 aromatic carbocycles. The SMILES string of the molecule is Cc1cc(Nc2ccnc(Cl)n2)n(-c2ccccc2)n1. The van der Waals surface area contributed by atoms with Crippen molar-refractivity contribution < 1.29 is 0 Å². The molecule has 2 aromatic heterocycles. The Morgan fingerprint density at radius 3 is 2.70 bits per heavy atom. The van der Waals surface area contributed by atoms with Crippen LogP contribution in [0, 0.1) is 6.92 Å². The fourth-order valence-electron chi connectivity index (χ4n) is 1.89. The van der Waals surface area contributed by atoms with Gasteiger partial charge in [-0.25, -0.2) is 14.6 Å². The molecule has 0 aliphatic carbocycles. The molecule has 0 aliphatic rings. The van der Waals surface area contributed by atoms with Crippen LogP contribution in [0.2, 0.25) is 5.28 Å². The number of aryl methyl sites for hydroxylation is 1. The minimum absolute atomic E-state index is 0.206. The number of nitrogens with one attached hydrogen (secondary N) is 1. The average molecular weight is 286 g/mol. The Morgan fingerprint density at radius 1 is 1.15 bits per heavy atom. The highest BCUT2D eigenvalue weighted by molar-refractivity contribution is 6.28. The number of anilines is 2. The lowest BCUT2D eigenvalue weighted by Crippen LogP contribution is -2.03. The van der Waals surface area contributed by atoms with E-state index in [1.165, 1.54) is 0 Å². The lowest BCUT2D eigenvalue weighted by Gasteiger charge is -2.08. The molecule has 0 bridgehead atoms. The molecule has 0 saturated carbocycles. The molecule has 0 fully saturated rings. The first-order valence-corrected chi connectivity index (χ1v) is 6.48. The summed E-state index contributed by atoms with van der Waals surface area (Å²) in [5.74, 6) is 1.45. The number of benzene rings is 1. The number of halogens is 1. The first-order valence-electron chi connectivity index (χ1n) is 6.10. The predicted molar refractivity (Wildman–Crippen MR) is 78.6 cm³/mol. The number of nitrogens with zero attached hydrogens (tertiary/aromatic N) is 4. The topological polar surface area (TPSA) is 55.6 Å². The third kappa shape index (κ3) is 2.62. The largest absolute Gasteiger partial charge is 0.325 e. The highest BCUT2D eigenvalue weighted by Crippen LogP contribution is 2.20. The number of para-hydroxylation sites is 1. The van der Waals surface area contributed by atoms with Crippen molar-refractivity contribution in [3.05, 3.63) is 59.6 Å². The second kappa shape index (κ2) is 5.30. The quantitative estimate of drug-likeness (QED) is 0.750. The summed E-state index contributed by atoms with van der Waals surface area (Å²) in [6, 6.07) is 13.6. The van der Waals surface area contributed by atoms with E-state index in [-0.39, 0.29) is 5.28 Å². The molecule has 0 amide bonds. The van der Waals surface area contributed by atoms with E-state index in [1.807, 2.05) is 48.0 Å². The van der Waals surface area contributed by atoms with Gasteiger partial charge in [-0.2, -0.15) is 5.10 Å². The highest BCUT2D eigenvalue weighted by Gasteiger charge is 2.08. The minimum Gasteiger partial charge on any atom is -0.325 e. The highest BCUT2D eigenvalue weighted by atomic mass is 35.5. The van der Waals surface area contributed by atoms with Crippen LogP contribution in [-0.2, 0) is 0 Å². The van der Waals surface area contributed by atoms with Crippen LogP contribution in [0.5, 0.6) is 0 Å². The van der Waals surface area contributed by atoms with Gasteiger partial charge >= 0.3 is 0 Å². The maximum atomic E-state index is 5.79. The zero-order valence-electron chi connectivity index (χ0n) is 10.8. The fraction of sp³-hybridized carbons (Fsp3) is 0.0714. The maximum Gasteiger partial charge on any atom is 0.224 e. The van der Waals surface area contributed by atoms with E-state index in [4.69, 9.17) is 11.6 Å². The Balaban J connectivity index is 1.98. The summed E-state index contributed by atoms with van der Waals surface area (Å²) in [4.78, 5) is 7.97. The first kappa shape index (κ1) is 12.6. The summed E-state index contributed by atoms with van der Waals surface area (Å²) in [6.45, 7) is 1.94. The minimum atomic E-state index is 0.206. The van der Waals surface area contributed by atoms with Gasteiger partial charge < -0.3 is 5.32 Å². The molecule has 0 radical (unpaired) electrons. The van der Waals surface area contributed by atoms with Crippen LogP contribution >= 0.6 is 11.6 Å². The van der Waals surface area contributed by atoms with Gasteiger partial charge in [0, 0.05) is 12.3 Å². The molecule has 0 unspecified atom stereocenters. The molecule has 0 atom stereocenters. The van der Waals surface area contributed by atoms with Crippen molar-refractivity contribution in [2.45, 2.75) is 6.92 Å². The fourth-order valence-corrected chi connectivity index (χ4v) is 2.04. The molecule has 6 heteroatoms. The zero-order chi connectivity index (χ0) is 13.9. The molecule has 3 rings (SSSR count). The van der Waals surface area contributed by atoms with Crippen molar-refractivity contribution >= 4 is 23.2 Å². The summed E-state index contributed by atoms with van der Waals surface area (Å²) in [6.07, 6.45) is 1.60. The van der Waals surface area contributed by atoms with Gasteiger partial charge in [-0.3, -0.25) is 0 Å². The predicted octanol–water partition coefficient (Wildman–Crippen LogP) is 3.37. The molecule has 20 heavy (non-hydrogen) atoms. The maximum absolute atomic E-state index is 5.79. The average Bonchev–Trinajstić information content (AvgIpc) is 2.80. The van der Waals surface area contributed by atoms with Gasteiger partial charge in [0.15, 0.2) is 0 Å². The van der Waals surface area contributed by atoms with E-state index in [2.05, 4.69) is 20.4 Å². The van der Waals surface area contributed by atoms with E-state index < -0.39 is 0 Å². The second-order valence-corrected chi connectivity index (χ2v) is 4.59. The summed E-state index contributed by atoms with van der Waals surface area (Å²) < 4.78 is 1.82.